The first-order chi connectivity index (χ1) is 19.1. The molecule has 0 unspecified atom stereocenters. The molecular formula is C29H35FN4O5S. The molecule has 1 amide bonds. The maximum absolute atomic E-state index is 13.4. The number of amides is 1. The molecule has 1 aromatic heterocycles. The van der Waals surface area contributed by atoms with Crippen LogP contribution in [0.1, 0.15) is 25.0 Å². The van der Waals surface area contributed by atoms with Crippen LogP contribution < -0.4 is 9.46 Å². The fourth-order valence-corrected chi connectivity index (χ4v) is 5.76. The summed E-state index contributed by atoms with van der Waals surface area (Å²) in [6.45, 7) is 5.27. The molecule has 0 bridgehead atoms. The zero-order valence-electron chi connectivity index (χ0n) is 22.8. The molecule has 0 aliphatic carbocycles. The molecule has 9 nitrogen and oxygen atoms in total. The molecule has 2 heterocycles. The number of fused-ring (bicyclic) bond motifs is 1. The van der Waals surface area contributed by atoms with Crippen molar-refractivity contribution >= 4 is 21.6 Å². The molecule has 2 N–H and O–H groups in total. The van der Waals surface area contributed by atoms with Crippen LogP contribution in [0.5, 0.6) is 5.75 Å². The molecule has 1 aliphatic heterocycles. The lowest BCUT2D eigenvalue weighted by molar-refractivity contribution is -0.134. The summed E-state index contributed by atoms with van der Waals surface area (Å²) in [6, 6.07) is 12.9. The number of nitrogens with one attached hydrogen (secondary N) is 1. The number of hydrogen-bond donors (Lipinski definition) is 2. The summed E-state index contributed by atoms with van der Waals surface area (Å²) in [7, 11) is -1.99. The summed E-state index contributed by atoms with van der Waals surface area (Å²) in [4.78, 5) is 21.2. The molecule has 3 aromatic rings. The van der Waals surface area contributed by atoms with Gasteiger partial charge in [0.15, 0.2) is 0 Å². The van der Waals surface area contributed by atoms with E-state index in [0.29, 0.717) is 30.9 Å². The van der Waals surface area contributed by atoms with Gasteiger partial charge in [0.25, 0.3) is 10.0 Å². The highest BCUT2D eigenvalue weighted by Gasteiger charge is 2.31. The van der Waals surface area contributed by atoms with E-state index in [0.717, 1.165) is 17.7 Å². The molecule has 4 rings (SSSR count). The lowest BCUT2D eigenvalue weighted by atomic mass is 10.0. The van der Waals surface area contributed by atoms with Gasteiger partial charge in [0.1, 0.15) is 17.7 Å². The number of carbonyl (C=O) groups is 1. The van der Waals surface area contributed by atoms with Crippen molar-refractivity contribution in [3.05, 3.63) is 83.9 Å². The number of benzene rings is 2. The Balaban J connectivity index is 1.63. The minimum absolute atomic E-state index is 0.0297. The number of aliphatic hydroxyl groups is 1. The van der Waals surface area contributed by atoms with Crippen molar-refractivity contribution in [3.8, 4) is 5.75 Å². The second-order valence-electron chi connectivity index (χ2n) is 10.3. The summed E-state index contributed by atoms with van der Waals surface area (Å²) < 4.78 is 48.1. The highest BCUT2D eigenvalue weighted by molar-refractivity contribution is 7.92. The van der Waals surface area contributed by atoms with Crippen LogP contribution in [0.3, 0.4) is 0 Å². The smallest absolute Gasteiger partial charge is 0.261 e. The van der Waals surface area contributed by atoms with Gasteiger partial charge in [0, 0.05) is 49.2 Å². The van der Waals surface area contributed by atoms with Gasteiger partial charge < -0.3 is 14.7 Å². The Kier molecular flexibility index (Phi) is 9.39. The SMILES string of the molecule is C[C@@H]1CN([C@H](C)CO)C(=O)Cc2cc(NS(=O)(=O)c3ccc(F)cc3)ccc2O[C@H]1CN(C)Cc1ccncc1. The van der Waals surface area contributed by atoms with Crippen LogP contribution in [-0.4, -0.2) is 73.1 Å². The lowest BCUT2D eigenvalue weighted by Crippen LogP contribution is -2.47. The van der Waals surface area contributed by atoms with E-state index < -0.39 is 21.9 Å². The van der Waals surface area contributed by atoms with E-state index >= 15 is 0 Å². The number of nitrogens with zero attached hydrogens (tertiary/aromatic N) is 3. The zero-order chi connectivity index (χ0) is 28.9. The van der Waals surface area contributed by atoms with E-state index in [1.165, 1.54) is 12.1 Å². The molecule has 11 heteroatoms. The summed E-state index contributed by atoms with van der Waals surface area (Å²) >= 11 is 0. The number of sulfonamides is 1. The second kappa shape index (κ2) is 12.8. The maximum atomic E-state index is 13.4. The standard InChI is InChI=1S/C29H35FN4O5S/c1-20-16-34(21(2)19-35)29(36)15-23-14-25(32-40(37,38)26-7-4-24(30)5-8-26)6-9-27(23)39-28(20)18-33(3)17-22-10-12-31-13-11-22/h4-14,20-21,28,32,35H,15-19H2,1-3H3/t20-,21-,28+/m1/s1. The molecule has 0 radical (unpaired) electrons. The number of halogens is 1. The normalized spacial score (nSPS) is 18.8. The van der Waals surface area contributed by atoms with E-state index in [9.17, 15) is 22.7 Å². The molecule has 2 aromatic carbocycles. The number of rotatable bonds is 9. The van der Waals surface area contributed by atoms with Crippen LogP contribution in [0.4, 0.5) is 10.1 Å². The van der Waals surface area contributed by atoms with Gasteiger partial charge in [-0.05, 0) is 74.1 Å². The molecule has 0 saturated heterocycles. The van der Waals surface area contributed by atoms with Crippen LogP contribution in [0, 0.1) is 11.7 Å². The minimum atomic E-state index is -3.98. The Morgan fingerprint density at radius 3 is 2.55 bits per heavy atom. The molecule has 1 aliphatic rings. The Morgan fingerprint density at radius 1 is 1.18 bits per heavy atom. The predicted molar refractivity (Wildman–Crippen MR) is 150 cm³/mol. The van der Waals surface area contributed by atoms with Gasteiger partial charge in [-0.2, -0.15) is 0 Å². The van der Waals surface area contributed by atoms with Gasteiger partial charge in [-0.25, -0.2) is 12.8 Å². The number of ether oxygens (including phenoxy) is 1. The summed E-state index contributed by atoms with van der Waals surface area (Å²) in [5.41, 5.74) is 1.88. The van der Waals surface area contributed by atoms with E-state index in [-0.39, 0.29) is 41.5 Å². The van der Waals surface area contributed by atoms with Crippen LogP contribution in [0.2, 0.25) is 0 Å². The van der Waals surface area contributed by atoms with Crippen molar-refractivity contribution in [1.82, 2.24) is 14.8 Å². The number of aliphatic hydroxyl groups excluding tert-OH is 1. The fraction of sp³-hybridized carbons (Fsp3) is 0.379. The summed E-state index contributed by atoms with van der Waals surface area (Å²) in [6.07, 6.45) is 3.17. The molecule has 0 saturated carbocycles. The Bertz CT molecular complexity index is 1410. The van der Waals surface area contributed by atoms with Crippen LogP contribution in [0.25, 0.3) is 0 Å². The van der Waals surface area contributed by atoms with Crippen molar-refractivity contribution in [2.24, 2.45) is 5.92 Å². The topological polar surface area (TPSA) is 112 Å². The first kappa shape index (κ1) is 29.4. The second-order valence-corrected chi connectivity index (χ2v) is 12.0. The van der Waals surface area contributed by atoms with Gasteiger partial charge in [0.05, 0.1) is 24.0 Å². The van der Waals surface area contributed by atoms with Gasteiger partial charge >= 0.3 is 0 Å². The maximum Gasteiger partial charge on any atom is 0.261 e. The Labute approximate surface area is 234 Å². The van der Waals surface area contributed by atoms with Gasteiger partial charge in [0.2, 0.25) is 5.91 Å². The van der Waals surface area contributed by atoms with Crippen LogP contribution >= 0.6 is 0 Å². The monoisotopic (exact) mass is 570 g/mol. The van der Waals surface area contributed by atoms with Crippen molar-refractivity contribution in [1.29, 1.82) is 0 Å². The molecular weight excluding hydrogens is 535 g/mol. The number of hydrogen-bond acceptors (Lipinski definition) is 7. The van der Waals surface area contributed by atoms with E-state index in [1.54, 1.807) is 42.4 Å². The first-order valence-corrected chi connectivity index (χ1v) is 14.6. The third-order valence-corrected chi connectivity index (χ3v) is 8.38. The van der Waals surface area contributed by atoms with E-state index in [4.69, 9.17) is 4.74 Å². The number of pyridine rings is 1. The number of likely N-dealkylation sites (N-methyl/N-ethyl adjacent to an activating group) is 1. The minimum Gasteiger partial charge on any atom is -0.488 e. The van der Waals surface area contributed by atoms with Crippen LogP contribution in [-0.2, 0) is 27.8 Å². The first-order valence-electron chi connectivity index (χ1n) is 13.1. The predicted octanol–water partition coefficient (Wildman–Crippen LogP) is 3.30. The molecule has 3 atom stereocenters. The van der Waals surface area contributed by atoms with Crippen molar-refractivity contribution in [2.45, 2.75) is 43.9 Å². The third kappa shape index (κ3) is 7.35. The van der Waals surface area contributed by atoms with Crippen LogP contribution in [0.15, 0.2) is 71.9 Å². The average molecular weight is 571 g/mol. The van der Waals surface area contributed by atoms with E-state index in [1.807, 2.05) is 26.1 Å². The molecule has 40 heavy (non-hydrogen) atoms. The fourth-order valence-electron chi connectivity index (χ4n) is 4.71. The zero-order valence-corrected chi connectivity index (χ0v) is 23.6. The van der Waals surface area contributed by atoms with Gasteiger partial charge in [-0.15, -0.1) is 0 Å². The number of anilines is 1. The quantitative estimate of drug-likeness (QED) is 0.406. The van der Waals surface area contributed by atoms with Gasteiger partial charge in [-0.1, -0.05) is 6.92 Å². The van der Waals surface area contributed by atoms with Gasteiger partial charge in [-0.3, -0.25) is 19.4 Å². The third-order valence-electron chi connectivity index (χ3n) is 6.99. The Hall–Kier alpha value is -3.54. The highest BCUT2D eigenvalue weighted by atomic mass is 32.2. The lowest BCUT2D eigenvalue weighted by Gasteiger charge is -2.34. The van der Waals surface area contributed by atoms with Crippen molar-refractivity contribution in [2.75, 3.05) is 31.5 Å². The summed E-state index contributed by atoms with van der Waals surface area (Å²) in [5.74, 6) is -0.308. The van der Waals surface area contributed by atoms with Crippen molar-refractivity contribution < 1.29 is 27.4 Å². The number of aromatic nitrogens is 1. The average Bonchev–Trinajstić information content (AvgIpc) is 2.96. The molecule has 0 spiro atoms. The highest BCUT2D eigenvalue weighted by Crippen LogP contribution is 2.30. The summed E-state index contributed by atoms with van der Waals surface area (Å²) in [5, 5.41) is 9.85. The number of carbonyl (C=O) groups excluding carboxylic acids is 1. The molecule has 0 fully saturated rings. The largest absolute Gasteiger partial charge is 0.488 e. The molecule has 214 valence electrons. The van der Waals surface area contributed by atoms with E-state index in [2.05, 4.69) is 14.6 Å². The van der Waals surface area contributed by atoms with Crippen molar-refractivity contribution in [3.63, 3.8) is 0 Å². The Morgan fingerprint density at radius 2 is 1.88 bits per heavy atom.